The Balaban J connectivity index is 1.82. The van der Waals surface area contributed by atoms with Crippen LogP contribution in [0.15, 0.2) is 102 Å². The second-order valence-electron chi connectivity index (χ2n) is 11.7. The first-order valence-corrected chi connectivity index (χ1v) is 17.3. The molecule has 0 fully saturated rings. The molecule has 10 heteroatoms. The van der Waals surface area contributed by atoms with Crippen molar-refractivity contribution < 1.29 is 18.0 Å². The molecule has 46 heavy (non-hydrogen) atoms. The number of halogens is 2. The maximum atomic E-state index is 14.6. The van der Waals surface area contributed by atoms with Crippen molar-refractivity contribution in [1.29, 1.82) is 0 Å². The smallest absolute Gasteiger partial charge is 0.264 e. The van der Waals surface area contributed by atoms with Crippen molar-refractivity contribution in [2.45, 2.75) is 51.6 Å². The lowest BCUT2D eigenvalue weighted by Gasteiger charge is -2.34. The summed E-state index contributed by atoms with van der Waals surface area (Å²) in [5.41, 5.74) is 3.39. The van der Waals surface area contributed by atoms with Gasteiger partial charge in [-0.1, -0.05) is 97.2 Å². The summed E-state index contributed by atoms with van der Waals surface area (Å²) in [6, 6.07) is 26.8. The Kier molecular flexibility index (Phi) is 11.9. The minimum absolute atomic E-state index is 0.0417. The molecule has 0 heterocycles. The minimum atomic E-state index is -4.21. The molecular formula is C36H39Cl2N3O4S. The van der Waals surface area contributed by atoms with Crippen LogP contribution in [0.2, 0.25) is 10.0 Å². The largest absolute Gasteiger partial charge is 0.354 e. The summed E-state index contributed by atoms with van der Waals surface area (Å²) in [5, 5.41) is 3.97. The van der Waals surface area contributed by atoms with Gasteiger partial charge in [-0.05, 0) is 78.9 Å². The molecule has 0 saturated carbocycles. The first-order valence-electron chi connectivity index (χ1n) is 15.1. The third-order valence-corrected chi connectivity index (χ3v) is 9.80. The second-order valence-corrected chi connectivity index (χ2v) is 14.5. The van der Waals surface area contributed by atoms with Gasteiger partial charge in [0, 0.05) is 29.6 Å². The lowest BCUT2D eigenvalue weighted by Crippen LogP contribution is -2.53. The quantitative estimate of drug-likeness (QED) is 0.162. The highest BCUT2D eigenvalue weighted by atomic mass is 35.5. The Morgan fingerprint density at radius 1 is 0.804 bits per heavy atom. The molecule has 4 rings (SSSR count). The standard InChI is InChI=1S/C36H39Cl2N3O4S/c1-25(2)22-39-36(43)34(21-28-8-6-5-7-9-28)40(23-29-12-14-30(37)15-13-29)35(42)24-41(33-19-16-31(38)20-27(33)4)46(44,45)32-17-10-26(3)11-18-32/h5-20,25,34H,21-24H2,1-4H3,(H,39,43)/t34-/m1/s1. The number of carbonyl (C=O) groups excluding carboxylic acids is 2. The van der Waals surface area contributed by atoms with Crippen LogP contribution in [0.4, 0.5) is 5.69 Å². The lowest BCUT2D eigenvalue weighted by atomic mass is 10.0. The highest BCUT2D eigenvalue weighted by molar-refractivity contribution is 7.92. The molecule has 1 atom stereocenters. The number of hydrogen-bond acceptors (Lipinski definition) is 4. The van der Waals surface area contributed by atoms with Crippen LogP contribution >= 0.6 is 23.2 Å². The van der Waals surface area contributed by atoms with E-state index in [1.54, 1.807) is 61.5 Å². The molecule has 242 valence electrons. The molecule has 0 bridgehead atoms. The van der Waals surface area contributed by atoms with Crippen molar-refractivity contribution in [1.82, 2.24) is 10.2 Å². The third-order valence-electron chi connectivity index (χ3n) is 7.54. The van der Waals surface area contributed by atoms with Gasteiger partial charge in [0.05, 0.1) is 10.6 Å². The van der Waals surface area contributed by atoms with Crippen LogP contribution in [0.25, 0.3) is 0 Å². The number of aryl methyl sites for hydroxylation is 2. The van der Waals surface area contributed by atoms with Gasteiger partial charge in [-0.25, -0.2) is 8.42 Å². The van der Waals surface area contributed by atoms with Crippen molar-refractivity contribution in [3.63, 3.8) is 0 Å². The highest BCUT2D eigenvalue weighted by Crippen LogP contribution is 2.30. The van der Waals surface area contributed by atoms with Gasteiger partial charge in [-0.2, -0.15) is 0 Å². The zero-order chi connectivity index (χ0) is 33.4. The monoisotopic (exact) mass is 679 g/mol. The Hall–Kier alpha value is -3.85. The predicted molar refractivity (Wildman–Crippen MR) is 186 cm³/mol. The Bertz CT molecular complexity index is 1750. The molecule has 0 aromatic heterocycles. The molecule has 0 aliphatic carbocycles. The summed E-state index contributed by atoms with van der Waals surface area (Å²) in [7, 11) is -4.21. The second kappa shape index (κ2) is 15.6. The average Bonchev–Trinajstić information content (AvgIpc) is 3.02. The highest BCUT2D eigenvalue weighted by Gasteiger charge is 2.35. The summed E-state index contributed by atoms with van der Waals surface area (Å²) < 4.78 is 29.6. The summed E-state index contributed by atoms with van der Waals surface area (Å²) in [4.78, 5) is 29.9. The van der Waals surface area contributed by atoms with Gasteiger partial charge in [0.25, 0.3) is 10.0 Å². The lowest BCUT2D eigenvalue weighted by molar-refractivity contribution is -0.140. The van der Waals surface area contributed by atoms with Gasteiger partial charge in [0.15, 0.2) is 0 Å². The number of anilines is 1. The average molecular weight is 681 g/mol. The molecular weight excluding hydrogens is 641 g/mol. The van der Waals surface area contributed by atoms with Crippen molar-refractivity contribution >= 4 is 50.7 Å². The number of amides is 2. The molecule has 4 aromatic rings. The van der Waals surface area contributed by atoms with Crippen LogP contribution in [-0.4, -0.2) is 44.3 Å². The van der Waals surface area contributed by atoms with E-state index in [9.17, 15) is 18.0 Å². The van der Waals surface area contributed by atoms with Crippen molar-refractivity contribution in [2.24, 2.45) is 5.92 Å². The third kappa shape index (κ3) is 9.12. The van der Waals surface area contributed by atoms with Crippen molar-refractivity contribution in [3.05, 3.63) is 129 Å². The summed E-state index contributed by atoms with van der Waals surface area (Å²) in [6.07, 6.45) is 0.231. The topological polar surface area (TPSA) is 86.8 Å². The Morgan fingerprint density at radius 2 is 1.43 bits per heavy atom. The van der Waals surface area contributed by atoms with E-state index in [0.717, 1.165) is 21.0 Å². The van der Waals surface area contributed by atoms with Gasteiger partial charge in [-0.15, -0.1) is 0 Å². The molecule has 0 unspecified atom stereocenters. The van der Waals surface area contributed by atoms with Crippen LogP contribution < -0.4 is 9.62 Å². The Morgan fingerprint density at radius 3 is 2.04 bits per heavy atom. The number of rotatable bonds is 13. The van der Waals surface area contributed by atoms with Crippen LogP contribution in [0.3, 0.4) is 0 Å². The van der Waals surface area contributed by atoms with E-state index in [2.05, 4.69) is 5.32 Å². The van der Waals surface area contributed by atoms with Gasteiger partial charge in [-0.3, -0.25) is 13.9 Å². The number of nitrogens with zero attached hydrogens (tertiary/aromatic N) is 2. The van der Waals surface area contributed by atoms with Crippen molar-refractivity contribution in [2.75, 3.05) is 17.4 Å². The molecule has 0 aliphatic rings. The van der Waals surface area contributed by atoms with Gasteiger partial charge in [0.2, 0.25) is 11.8 Å². The Labute approximate surface area is 282 Å². The fourth-order valence-electron chi connectivity index (χ4n) is 5.01. The van der Waals surface area contributed by atoms with Crippen molar-refractivity contribution in [3.8, 4) is 0 Å². The van der Waals surface area contributed by atoms with Gasteiger partial charge in [0.1, 0.15) is 12.6 Å². The zero-order valence-corrected chi connectivity index (χ0v) is 28.7. The van der Waals surface area contributed by atoms with E-state index in [-0.39, 0.29) is 29.7 Å². The maximum absolute atomic E-state index is 14.6. The van der Waals surface area contributed by atoms with E-state index in [0.29, 0.717) is 27.8 Å². The van der Waals surface area contributed by atoms with Crippen LogP contribution in [0.1, 0.15) is 36.1 Å². The SMILES string of the molecule is Cc1ccc(S(=O)(=O)N(CC(=O)N(Cc2ccc(Cl)cc2)[C@H](Cc2ccccc2)C(=O)NCC(C)C)c2ccc(Cl)cc2C)cc1. The first-order chi connectivity index (χ1) is 21.8. The minimum Gasteiger partial charge on any atom is -0.354 e. The van der Waals surface area contributed by atoms with E-state index in [1.165, 1.54) is 17.0 Å². The molecule has 0 saturated heterocycles. The van der Waals surface area contributed by atoms with Crippen LogP contribution in [0.5, 0.6) is 0 Å². The van der Waals surface area contributed by atoms with E-state index in [4.69, 9.17) is 23.2 Å². The molecule has 7 nitrogen and oxygen atoms in total. The van der Waals surface area contributed by atoms with E-state index in [1.807, 2.05) is 51.1 Å². The number of carbonyl (C=O) groups is 2. The molecule has 0 radical (unpaired) electrons. The van der Waals surface area contributed by atoms with E-state index < -0.39 is 28.5 Å². The van der Waals surface area contributed by atoms with Gasteiger partial charge >= 0.3 is 0 Å². The van der Waals surface area contributed by atoms with E-state index >= 15 is 0 Å². The normalized spacial score (nSPS) is 12.1. The summed E-state index contributed by atoms with van der Waals surface area (Å²) in [6.45, 7) is 7.52. The first kappa shape index (κ1) is 35.0. The van der Waals surface area contributed by atoms with Crippen LogP contribution in [-0.2, 0) is 32.6 Å². The van der Waals surface area contributed by atoms with Gasteiger partial charge < -0.3 is 10.2 Å². The molecule has 2 amide bonds. The fourth-order valence-corrected chi connectivity index (χ4v) is 6.84. The summed E-state index contributed by atoms with van der Waals surface area (Å²) in [5.74, 6) is -0.680. The maximum Gasteiger partial charge on any atom is 0.264 e. The number of hydrogen-bond donors (Lipinski definition) is 1. The predicted octanol–water partition coefficient (Wildman–Crippen LogP) is 7.22. The molecule has 1 N–H and O–H groups in total. The van der Waals surface area contributed by atoms with Crippen LogP contribution in [0, 0.1) is 19.8 Å². The fraction of sp³-hybridized carbons (Fsp3) is 0.278. The summed E-state index contributed by atoms with van der Waals surface area (Å²) >= 11 is 12.4. The molecule has 0 aliphatic heterocycles. The number of sulfonamides is 1. The number of nitrogens with one attached hydrogen (secondary N) is 1. The molecule has 4 aromatic carbocycles. The zero-order valence-electron chi connectivity index (χ0n) is 26.4. The molecule has 0 spiro atoms. The number of benzene rings is 4.